The van der Waals surface area contributed by atoms with Crippen molar-refractivity contribution in [1.82, 2.24) is 4.90 Å². The highest BCUT2D eigenvalue weighted by Gasteiger charge is 2.34. The summed E-state index contributed by atoms with van der Waals surface area (Å²) in [6.45, 7) is 5.50. The van der Waals surface area contributed by atoms with Gasteiger partial charge in [-0.3, -0.25) is 9.59 Å². The molecule has 0 radical (unpaired) electrons. The number of hydrogen-bond donors (Lipinski definition) is 0. The van der Waals surface area contributed by atoms with Gasteiger partial charge in [-0.25, -0.2) is 0 Å². The van der Waals surface area contributed by atoms with Crippen LogP contribution in [0.4, 0.5) is 0 Å². The van der Waals surface area contributed by atoms with Crippen molar-refractivity contribution in [1.29, 1.82) is 0 Å². The summed E-state index contributed by atoms with van der Waals surface area (Å²) >= 11 is 0. The van der Waals surface area contributed by atoms with Crippen molar-refractivity contribution in [3.63, 3.8) is 0 Å². The van der Waals surface area contributed by atoms with Crippen LogP contribution in [0.5, 0.6) is 0 Å². The number of aryl methyl sites for hydroxylation is 3. The van der Waals surface area contributed by atoms with Gasteiger partial charge in [0.1, 0.15) is 0 Å². The fraction of sp³-hybridized carbons (Fsp3) is 0.600. The van der Waals surface area contributed by atoms with Crippen molar-refractivity contribution in [2.45, 2.75) is 52.0 Å². The highest BCUT2D eigenvalue weighted by atomic mass is 16.5. The summed E-state index contributed by atoms with van der Waals surface area (Å²) in [4.78, 5) is 27.5. The van der Waals surface area contributed by atoms with Crippen LogP contribution in [0.1, 0.15) is 52.7 Å². The number of methoxy groups -OCH3 is 1. The molecule has 4 heteroatoms. The Morgan fingerprint density at radius 2 is 2.00 bits per heavy atom. The molecule has 1 aliphatic carbocycles. The summed E-state index contributed by atoms with van der Waals surface area (Å²) in [5.41, 5.74) is 4.35. The van der Waals surface area contributed by atoms with E-state index < -0.39 is 0 Å². The highest BCUT2D eigenvalue weighted by molar-refractivity contribution is 6.02. The second-order valence-electron chi connectivity index (χ2n) is 7.24. The lowest BCUT2D eigenvalue weighted by atomic mass is 9.79. The van der Waals surface area contributed by atoms with Gasteiger partial charge in [0.05, 0.1) is 12.6 Å². The molecule has 1 saturated heterocycles. The zero-order valence-electron chi connectivity index (χ0n) is 14.9. The van der Waals surface area contributed by atoms with E-state index in [0.717, 1.165) is 48.9 Å². The Morgan fingerprint density at radius 3 is 2.75 bits per heavy atom. The van der Waals surface area contributed by atoms with Crippen molar-refractivity contribution >= 4 is 11.7 Å². The van der Waals surface area contributed by atoms with Gasteiger partial charge in [0.25, 0.3) is 0 Å². The standard InChI is InChI=1S/C20H27NO3/c1-13-9-15-6-7-16(20(23)18(15)10-14(13)2)11-19(22)21-8-4-5-17(21)12-24-3/h9-10,16-17H,4-8,11-12H2,1-3H3. The number of carbonyl (C=O) groups excluding carboxylic acids is 2. The number of carbonyl (C=O) groups is 2. The average Bonchev–Trinajstić information content (AvgIpc) is 3.01. The molecule has 0 aromatic heterocycles. The molecular weight excluding hydrogens is 302 g/mol. The van der Waals surface area contributed by atoms with E-state index in [0.29, 0.717) is 13.0 Å². The predicted octanol–water partition coefficient (Wildman–Crippen LogP) is 3.08. The van der Waals surface area contributed by atoms with Crippen molar-refractivity contribution in [3.8, 4) is 0 Å². The zero-order chi connectivity index (χ0) is 17.3. The van der Waals surface area contributed by atoms with Crippen LogP contribution in [0, 0.1) is 19.8 Å². The highest BCUT2D eigenvalue weighted by Crippen LogP contribution is 2.31. The molecule has 0 spiro atoms. The molecule has 0 saturated carbocycles. The normalized spacial score (nSPS) is 23.5. The van der Waals surface area contributed by atoms with Crippen LogP contribution < -0.4 is 0 Å². The quantitative estimate of drug-likeness (QED) is 0.853. The molecule has 1 amide bonds. The van der Waals surface area contributed by atoms with Gasteiger partial charge in [-0.05, 0) is 62.3 Å². The maximum atomic E-state index is 12.8. The summed E-state index contributed by atoms with van der Waals surface area (Å²) in [6.07, 6.45) is 4.04. The van der Waals surface area contributed by atoms with Crippen molar-refractivity contribution in [2.75, 3.05) is 20.3 Å². The molecular formula is C20H27NO3. The lowest BCUT2D eigenvalue weighted by molar-refractivity contribution is -0.133. The molecule has 3 rings (SSSR count). The Bertz CT molecular complexity index is 653. The van der Waals surface area contributed by atoms with Gasteiger partial charge in [0.2, 0.25) is 5.91 Å². The second-order valence-corrected chi connectivity index (χ2v) is 7.24. The smallest absolute Gasteiger partial charge is 0.223 e. The Kier molecular flexibility index (Phi) is 5.04. The number of amides is 1. The van der Waals surface area contributed by atoms with Crippen molar-refractivity contribution in [2.24, 2.45) is 5.92 Å². The first kappa shape index (κ1) is 17.2. The molecule has 4 nitrogen and oxygen atoms in total. The van der Waals surface area contributed by atoms with Gasteiger partial charge < -0.3 is 9.64 Å². The summed E-state index contributed by atoms with van der Waals surface area (Å²) in [5.74, 6) is 0.0891. The maximum Gasteiger partial charge on any atom is 0.223 e. The fourth-order valence-corrected chi connectivity index (χ4v) is 4.05. The maximum absolute atomic E-state index is 12.8. The van der Waals surface area contributed by atoms with Gasteiger partial charge in [0.15, 0.2) is 5.78 Å². The monoisotopic (exact) mass is 329 g/mol. The van der Waals surface area contributed by atoms with E-state index in [2.05, 4.69) is 13.0 Å². The molecule has 1 aromatic rings. The number of hydrogen-bond acceptors (Lipinski definition) is 3. The van der Waals surface area contributed by atoms with E-state index in [1.165, 1.54) is 5.56 Å². The summed E-state index contributed by atoms with van der Waals surface area (Å²) in [5, 5.41) is 0. The van der Waals surface area contributed by atoms with Crippen molar-refractivity contribution < 1.29 is 14.3 Å². The van der Waals surface area contributed by atoms with E-state index >= 15 is 0 Å². The Morgan fingerprint density at radius 1 is 1.25 bits per heavy atom. The number of ketones is 1. The molecule has 1 aromatic carbocycles. The third-order valence-corrected chi connectivity index (χ3v) is 5.60. The molecule has 0 N–H and O–H groups in total. The van der Waals surface area contributed by atoms with Gasteiger partial charge in [-0.1, -0.05) is 6.07 Å². The zero-order valence-corrected chi connectivity index (χ0v) is 14.9. The van der Waals surface area contributed by atoms with Gasteiger partial charge in [-0.15, -0.1) is 0 Å². The molecule has 2 atom stereocenters. The SMILES string of the molecule is COCC1CCCN1C(=O)CC1CCc2cc(C)c(C)cc2C1=O. The van der Waals surface area contributed by atoms with E-state index in [1.54, 1.807) is 7.11 Å². The lowest BCUT2D eigenvalue weighted by Gasteiger charge is -2.28. The first-order valence-electron chi connectivity index (χ1n) is 8.94. The molecule has 24 heavy (non-hydrogen) atoms. The molecule has 1 fully saturated rings. The van der Waals surface area contributed by atoms with Gasteiger partial charge in [0, 0.05) is 31.6 Å². The number of ether oxygens (including phenoxy) is 1. The predicted molar refractivity (Wildman–Crippen MR) is 93.3 cm³/mol. The molecule has 2 aliphatic rings. The Balaban J connectivity index is 1.71. The number of benzene rings is 1. The minimum Gasteiger partial charge on any atom is -0.383 e. The second kappa shape index (κ2) is 7.06. The summed E-state index contributed by atoms with van der Waals surface area (Å²) in [7, 11) is 1.67. The van der Waals surface area contributed by atoms with Gasteiger partial charge >= 0.3 is 0 Å². The number of rotatable bonds is 4. The minimum absolute atomic E-state index is 0.111. The van der Waals surface area contributed by atoms with E-state index in [4.69, 9.17) is 4.74 Å². The molecule has 1 aliphatic heterocycles. The van der Waals surface area contributed by atoms with Crippen LogP contribution in [0.2, 0.25) is 0 Å². The number of likely N-dealkylation sites (tertiary alicyclic amines) is 1. The molecule has 130 valence electrons. The van der Waals surface area contributed by atoms with Crippen LogP contribution in [0.3, 0.4) is 0 Å². The first-order valence-corrected chi connectivity index (χ1v) is 8.94. The Hall–Kier alpha value is -1.68. The first-order chi connectivity index (χ1) is 11.5. The third kappa shape index (κ3) is 3.25. The fourth-order valence-electron chi connectivity index (χ4n) is 4.05. The van der Waals surface area contributed by atoms with Crippen LogP contribution in [0.15, 0.2) is 12.1 Å². The van der Waals surface area contributed by atoms with Crippen LogP contribution in [0.25, 0.3) is 0 Å². The minimum atomic E-state index is -0.170. The van der Waals surface area contributed by atoms with E-state index in [-0.39, 0.29) is 23.7 Å². The average molecular weight is 329 g/mol. The molecule has 0 bridgehead atoms. The third-order valence-electron chi connectivity index (χ3n) is 5.60. The number of nitrogens with zero attached hydrogens (tertiary/aromatic N) is 1. The topological polar surface area (TPSA) is 46.6 Å². The van der Waals surface area contributed by atoms with Crippen LogP contribution in [-0.4, -0.2) is 42.9 Å². The Labute approximate surface area is 144 Å². The van der Waals surface area contributed by atoms with Crippen molar-refractivity contribution in [3.05, 3.63) is 34.4 Å². The largest absolute Gasteiger partial charge is 0.383 e. The van der Waals surface area contributed by atoms with Crippen LogP contribution >= 0.6 is 0 Å². The molecule has 1 heterocycles. The molecule has 2 unspecified atom stereocenters. The number of Topliss-reactive ketones (excluding diaryl/α,β-unsaturated/α-hetero) is 1. The summed E-state index contributed by atoms with van der Waals surface area (Å²) < 4.78 is 5.23. The van der Waals surface area contributed by atoms with Gasteiger partial charge in [-0.2, -0.15) is 0 Å². The van der Waals surface area contributed by atoms with E-state index in [9.17, 15) is 9.59 Å². The van der Waals surface area contributed by atoms with E-state index in [1.807, 2.05) is 17.9 Å². The van der Waals surface area contributed by atoms with Crippen LogP contribution in [-0.2, 0) is 16.0 Å². The number of fused-ring (bicyclic) bond motifs is 1. The summed E-state index contributed by atoms with van der Waals surface area (Å²) in [6, 6.07) is 4.32. The lowest BCUT2D eigenvalue weighted by Crippen LogP contribution is -2.40.